The number of hydrogen-bond donors (Lipinski definition) is 1. The molecule has 3 rings (SSSR count). The van der Waals surface area contributed by atoms with Crippen molar-refractivity contribution in [2.45, 2.75) is 6.42 Å². The molecule has 26 heavy (non-hydrogen) atoms. The number of nitrogens with zero attached hydrogens (tertiary/aromatic N) is 3. The highest BCUT2D eigenvalue weighted by atomic mass is 35.5. The fourth-order valence-electron chi connectivity index (χ4n) is 2.97. The zero-order chi connectivity index (χ0) is 18.5. The molecule has 2 aliphatic heterocycles. The minimum absolute atomic E-state index is 0.0483. The predicted octanol–water partition coefficient (Wildman–Crippen LogP) is 1.84. The number of anilines is 1. The molecule has 0 atom stereocenters. The average molecular weight is 385 g/mol. The lowest BCUT2D eigenvalue weighted by molar-refractivity contribution is -0.136. The standard InChI is InChI=1S/C17H22ClFN4O3/c18-14-11-13(1-2-15(14)19)20-17(25)23-4-3-16(24)22(12-23)6-5-21-7-9-26-10-8-21/h1-2,11H,3-10,12H2,(H,20,25). The average Bonchev–Trinajstić information content (AvgIpc) is 2.65. The molecule has 3 amide bonds. The van der Waals surface area contributed by atoms with Crippen LogP contribution in [-0.4, -0.2) is 79.2 Å². The molecular formula is C17H22ClFN4O3. The number of morpholine rings is 1. The molecule has 2 aliphatic rings. The van der Waals surface area contributed by atoms with E-state index in [1.807, 2.05) is 0 Å². The van der Waals surface area contributed by atoms with Gasteiger partial charge >= 0.3 is 6.03 Å². The lowest BCUT2D eigenvalue weighted by Crippen LogP contribution is -2.53. The number of amides is 3. The summed E-state index contributed by atoms with van der Waals surface area (Å²) < 4.78 is 18.5. The normalized spacial score (nSPS) is 18.9. The molecule has 0 spiro atoms. The third-order valence-corrected chi connectivity index (χ3v) is 4.83. The van der Waals surface area contributed by atoms with Crippen molar-refractivity contribution in [3.63, 3.8) is 0 Å². The minimum atomic E-state index is -0.539. The van der Waals surface area contributed by atoms with Crippen molar-refractivity contribution >= 4 is 29.2 Å². The number of rotatable bonds is 4. The van der Waals surface area contributed by atoms with Crippen molar-refractivity contribution in [1.82, 2.24) is 14.7 Å². The second-order valence-corrected chi connectivity index (χ2v) is 6.73. The van der Waals surface area contributed by atoms with E-state index in [2.05, 4.69) is 10.2 Å². The van der Waals surface area contributed by atoms with Crippen LogP contribution in [0.15, 0.2) is 18.2 Å². The van der Waals surface area contributed by atoms with E-state index < -0.39 is 5.82 Å². The molecule has 2 saturated heterocycles. The zero-order valence-corrected chi connectivity index (χ0v) is 15.2. The van der Waals surface area contributed by atoms with Gasteiger partial charge in [-0.15, -0.1) is 0 Å². The van der Waals surface area contributed by atoms with Gasteiger partial charge in [0.1, 0.15) is 5.82 Å². The van der Waals surface area contributed by atoms with E-state index in [0.717, 1.165) is 19.6 Å². The van der Waals surface area contributed by atoms with Gasteiger partial charge in [-0.1, -0.05) is 11.6 Å². The van der Waals surface area contributed by atoms with Crippen LogP contribution in [-0.2, 0) is 9.53 Å². The first-order valence-corrected chi connectivity index (χ1v) is 8.99. The van der Waals surface area contributed by atoms with Crippen molar-refractivity contribution in [2.75, 3.05) is 57.9 Å². The Labute approximate surface area is 156 Å². The van der Waals surface area contributed by atoms with Crippen LogP contribution in [0.1, 0.15) is 6.42 Å². The van der Waals surface area contributed by atoms with Crippen LogP contribution in [0.25, 0.3) is 0 Å². The van der Waals surface area contributed by atoms with Gasteiger partial charge in [0.2, 0.25) is 5.91 Å². The second kappa shape index (κ2) is 8.66. The molecule has 7 nitrogen and oxygen atoms in total. The van der Waals surface area contributed by atoms with E-state index in [9.17, 15) is 14.0 Å². The summed E-state index contributed by atoms with van der Waals surface area (Å²) in [5, 5.41) is 2.64. The third kappa shape index (κ3) is 4.84. The predicted molar refractivity (Wildman–Crippen MR) is 95.6 cm³/mol. The van der Waals surface area contributed by atoms with E-state index in [-0.39, 0.29) is 23.6 Å². The molecule has 2 fully saturated rings. The summed E-state index contributed by atoms with van der Waals surface area (Å²) in [4.78, 5) is 30.1. The van der Waals surface area contributed by atoms with E-state index in [1.165, 1.54) is 18.2 Å². The van der Waals surface area contributed by atoms with Crippen molar-refractivity contribution in [3.05, 3.63) is 29.0 Å². The van der Waals surface area contributed by atoms with Crippen LogP contribution in [0.5, 0.6) is 0 Å². The van der Waals surface area contributed by atoms with Gasteiger partial charge in [-0.25, -0.2) is 9.18 Å². The molecule has 0 aromatic heterocycles. The van der Waals surface area contributed by atoms with E-state index in [0.29, 0.717) is 38.4 Å². The highest BCUT2D eigenvalue weighted by molar-refractivity contribution is 6.31. The largest absolute Gasteiger partial charge is 0.379 e. The lowest BCUT2D eigenvalue weighted by atomic mass is 10.2. The molecule has 0 aliphatic carbocycles. The van der Waals surface area contributed by atoms with Gasteiger partial charge in [0, 0.05) is 44.8 Å². The fraction of sp³-hybridized carbons (Fsp3) is 0.529. The smallest absolute Gasteiger partial charge is 0.323 e. The van der Waals surface area contributed by atoms with Gasteiger partial charge in [-0.3, -0.25) is 9.69 Å². The van der Waals surface area contributed by atoms with Crippen LogP contribution < -0.4 is 5.32 Å². The maximum absolute atomic E-state index is 13.2. The molecule has 0 radical (unpaired) electrons. The first kappa shape index (κ1) is 18.9. The number of urea groups is 1. The van der Waals surface area contributed by atoms with E-state index in [1.54, 1.807) is 9.80 Å². The van der Waals surface area contributed by atoms with Crippen LogP contribution in [0.4, 0.5) is 14.9 Å². The van der Waals surface area contributed by atoms with Gasteiger partial charge in [-0.2, -0.15) is 0 Å². The SMILES string of the molecule is O=C1CCN(C(=O)Nc2ccc(F)c(Cl)c2)CN1CCN1CCOCC1. The maximum atomic E-state index is 13.2. The summed E-state index contributed by atoms with van der Waals surface area (Å²) in [6.45, 7) is 5.07. The van der Waals surface area contributed by atoms with Crippen molar-refractivity contribution in [2.24, 2.45) is 0 Å². The number of carbonyl (C=O) groups is 2. The Bertz CT molecular complexity index is 669. The molecule has 1 aromatic carbocycles. The van der Waals surface area contributed by atoms with Gasteiger partial charge in [0.25, 0.3) is 0 Å². The lowest BCUT2D eigenvalue weighted by Gasteiger charge is -2.37. The molecule has 0 saturated carbocycles. The van der Waals surface area contributed by atoms with Crippen LogP contribution >= 0.6 is 11.6 Å². The van der Waals surface area contributed by atoms with Gasteiger partial charge in [0.15, 0.2) is 0 Å². The van der Waals surface area contributed by atoms with Gasteiger partial charge in [0.05, 0.1) is 24.9 Å². The summed E-state index contributed by atoms with van der Waals surface area (Å²) in [6.07, 6.45) is 0.292. The number of benzene rings is 1. The summed E-state index contributed by atoms with van der Waals surface area (Å²) in [5.41, 5.74) is 0.415. The quantitative estimate of drug-likeness (QED) is 0.860. The first-order valence-electron chi connectivity index (χ1n) is 8.62. The second-order valence-electron chi connectivity index (χ2n) is 6.33. The third-order valence-electron chi connectivity index (χ3n) is 4.54. The fourth-order valence-corrected chi connectivity index (χ4v) is 3.15. The topological polar surface area (TPSA) is 65.1 Å². The Morgan fingerprint density at radius 1 is 1.23 bits per heavy atom. The summed E-state index contributed by atoms with van der Waals surface area (Å²) in [7, 11) is 0. The van der Waals surface area contributed by atoms with Crippen LogP contribution in [0.2, 0.25) is 5.02 Å². The number of nitrogens with one attached hydrogen (secondary N) is 1. The first-order chi connectivity index (χ1) is 12.5. The Balaban J connectivity index is 1.53. The van der Waals surface area contributed by atoms with E-state index >= 15 is 0 Å². The highest BCUT2D eigenvalue weighted by Crippen LogP contribution is 2.20. The van der Waals surface area contributed by atoms with Crippen molar-refractivity contribution < 1.29 is 18.7 Å². The molecule has 142 valence electrons. The molecular weight excluding hydrogens is 363 g/mol. The Morgan fingerprint density at radius 3 is 2.73 bits per heavy atom. The Morgan fingerprint density at radius 2 is 2.00 bits per heavy atom. The number of hydrogen-bond acceptors (Lipinski definition) is 4. The van der Waals surface area contributed by atoms with Gasteiger partial charge < -0.3 is 19.9 Å². The maximum Gasteiger partial charge on any atom is 0.323 e. The highest BCUT2D eigenvalue weighted by Gasteiger charge is 2.27. The number of ether oxygens (including phenoxy) is 1. The molecule has 0 unspecified atom stereocenters. The number of halogens is 2. The Kier molecular flexibility index (Phi) is 6.29. The summed E-state index contributed by atoms with van der Waals surface area (Å²) in [5.74, 6) is -0.491. The summed E-state index contributed by atoms with van der Waals surface area (Å²) in [6, 6.07) is 3.67. The van der Waals surface area contributed by atoms with Crippen LogP contribution in [0.3, 0.4) is 0 Å². The molecule has 1 aromatic rings. The monoisotopic (exact) mass is 384 g/mol. The van der Waals surface area contributed by atoms with Crippen molar-refractivity contribution in [1.29, 1.82) is 0 Å². The number of carbonyl (C=O) groups excluding carboxylic acids is 2. The van der Waals surface area contributed by atoms with Crippen LogP contribution in [0, 0.1) is 5.82 Å². The summed E-state index contributed by atoms with van der Waals surface area (Å²) >= 11 is 5.73. The minimum Gasteiger partial charge on any atom is -0.379 e. The molecule has 2 heterocycles. The van der Waals surface area contributed by atoms with Gasteiger partial charge in [-0.05, 0) is 18.2 Å². The molecule has 9 heteroatoms. The molecule has 1 N–H and O–H groups in total. The van der Waals surface area contributed by atoms with Crippen molar-refractivity contribution in [3.8, 4) is 0 Å². The molecule has 0 bridgehead atoms. The van der Waals surface area contributed by atoms with E-state index in [4.69, 9.17) is 16.3 Å². The zero-order valence-electron chi connectivity index (χ0n) is 14.4. The Hall–Kier alpha value is -1.90.